The van der Waals surface area contributed by atoms with Crippen LogP contribution < -0.4 is 15.1 Å². The zero-order valence-electron chi connectivity index (χ0n) is 50.1. The van der Waals surface area contributed by atoms with E-state index < -0.39 is 0 Å². The molecule has 0 spiro atoms. The molecule has 2 unspecified atom stereocenters. The van der Waals surface area contributed by atoms with Crippen molar-refractivity contribution in [2.75, 3.05) is 34.9 Å². The SMILES string of the molecule is OC[C@@H]1CC(c2cccc(C(=Nc3cc(NC4CCCCC4)cc4ccnn34)c3ccccc3)c2)CN1c1cc(N=C(c2ccccc2)c2cccc(C3CC[C@H](CO)N3c3cc(N=C(c4ccccc4)c4ccccc4)n4nccc4c3)c2)n2nccc2c1. The zero-order chi connectivity index (χ0) is 60.3. The van der Waals surface area contributed by atoms with Crippen LogP contribution in [0, 0.1) is 0 Å². The lowest BCUT2D eigenvalue weighted by Crippen LogP contribution is -2.34. The molecule has 2 aliphatic heterocycles. The summed E-state index contributed by atoms with van der Waals surface area (Å²) in [5, 5.41) is 40.6. The van der Waals surface area contributed by atoms with Crippen molar-refractivity contribution in [1.29, 1.82) is 0 Å². The minimum atomic E-state index is -0.148. The van der Waals surface area contributed by atoms with Gasteiger partial charge in [0.15, 0.2) is 17.5 Å². The Bertz CT molecular complexity index is 4550. The van der Waals surface area contributed by atoms with Crippen LogP contribution in [-0.4, -0.2) is 94.1 Å². The lowest BCUT2D eigenvalue weighted by Gasteiger charge is -2.32. The van der Waals surface area contributed by atoms with E-state index >= 15 is 0 Å². The van der Waals surface area contributed by atoms with Gasteiger partial charge in [-0.05, 0) is 91.8 Å². The molecule has 12 aromatic rings. The first-order valence-electron chi connectivity index (χ1n) is 31.6. The predicted molar refractivity (Wildman–Crippen MR) is 362 cm³/mol. The van der Waals surface area contributed by atoms with E-state index in [0.717, 1.165) is 115 Å². The Hall–Kier alpha value is -10.3. The maximum atomic E-state index is 11.3. The summed E-state index contributed by atoms with van der Waals surface area (Å²) in [4.78, 5) is 21.2. The molecule has 0 bridgehead atoms. The highest BCUT2D eigenvalue weighted by atomic mass is 16.3. The first-order chi connectivity index (χ1) is 44.5. The molecule has 0 radical (unpaired) electrons. The average molecular weight is 1180 g/mol. The molecule has 2 saturated heterocycles. The molecule has 15 rings (SSSR count). The lowest BCUT2D eigenvalue weighted by atomic mass is 9.92. The van der Waals surface area contributed by atoms with Gasteiger partial charge in [-0.3, -0.25) is 0 Å². The Morgan fingerprint density at radius 2 is 0.878 bits per heavy atom. The molecule has 8 heterocycles. The number of aromatic nitrogens is 6. The third kappa shape index (κ3) is 11.4. The molecule has 0 amide bonds. The minimum Gasteiger partial charge on any atom is -0.394 e. The second kappa shape index (κ2) is 25.1. The van der Waals surface area contributed by atoms with E-state index in [4.69, 9.17) is 30.3 Å². The molecule has 4 atom stereocenters. The number of nitrogens with zero attached hydrogens (tertiary/aromatic N) is 11. The van der Waals surface area contributed by atoms with Crippen LogP contribution in [0.1, 0.15) is 108 Å². The van der Waals surface area contributed by atoms with Gasteiger partial charge in [-0.2, -0.15) is 15.3 Å². The second-order valence-corrected chi connectivity index (χ2v) is 24.1. The van der Waals surface area contributed by atoms with E-state index in [1.54, 1.807) is 0 Å². The van der Waals surface area contributed by atoms with Crippen molar-refractivity contribution in [3.63, 3.8) is 0 Å². The van der Waals surface area contributed by atoms with Crippen LogP contribution in [0.5, 0.6) is 0 Å². The molecule has 14 heteroatoms. The number of aliphatic imine (C=N–C) groups is 3. The number of pyridine rings is 3. The highest BCUT2D eigenvalue weighted by Crippen LogP contribution is 2.43. The summed E-state index contributed by atoms with van der Waals surface area (Å²) < 4.78 is 5.73. The molecule has 1 saturated carbocycles. The molecule has 6 aromatic heterocycles. The number of benzene rings is 6. The van der Waals surface area contributed by atoms with Crippen molar-refractivity contribution < 1.29 is 10.2 Å². The minimum absolute atomic E-state index is 0.000681. The average Bonchev–Trinajstić information content (AvgIpc) is 2.99. The Labute approximate surface area is 523 Å². The van der Waals surface area contributed by atoms with Crippen LogP contribution in [-0.2, 0) is 0 Å². The highest BCUT2D eigenvalue weighted by molar-refractivity contribution is 6.15. The van der Waals surface area contributed by atoms with E-state index in [1.165, 1.54) is 37.7 Å². The number of aliphatic hydroxyl groups excluding tert-OH is 2. The first-order valence-corrected chi connectivity index (χ1v) is 31.6. The number of nitrogens with one attached hydrogen (secondary N) is 1. The highest BCUT2D eigenvalue weighted by Gasteiger charge is 2.36. The Morgan fingerprint density at radius 1 is 0.422 bits per heavy atom. The third-order valence-corrected chi connectivity index (χ3v) is 18.4. The van der Waals surface area contributed by atoms with Crippen LogP contribution in [0.15, 0.2) is 258 Å². The van der Waals surface area contributed by atoms with E-state index in [-0.39, 0.29) is 37.3 Å². The number of aliphatic hydroxyl groups is 2. The molecule has 3 N–H and O–H groups in total. The largest absolute Gasteiger partial charge is 0.394 e. The van der Waals surface area contributed by atoms with Crippen molar-refractivity contribution in [2.45, 2.75) is 81.5 Å². The molecular formula is C76H70N12O2. The summed E-state index contributed by atoms with van der Waals surface area (Å²) in [6.45, 7) is 0.679. The topological polar surface area (TPSA) is 148 Å². The summed E-state index contributed by atoms with van der Waals surface area (Å²) >= 11 is 0. The fourth-order valence-corrected chi connectivity index (χ4v) is 14.0. The molecule has 6 aromatic carbocycles. The standard InChI is InChI=1S/C76H70N12O2/c89-50-66-32-33-70(85(66)68-46-65-36-39-79-88(65)73(48-68)82-74(52-18-6-1-7-19-52)53-20-8-2-9-21-53)57-27-17-29-59(41-57)76(55-24-12-4-13-25-55)83-72-47-67(45-64-35-38-78-87(64)72)84-49-60(42-69(84)51-90)56-26-16-28-58(40-56)75(54-22-10-3-11-23-54)81-71-44-62(43-63-34-37-77-86(63)71)80-61-30-14-5-15-31-61/h1-4,6-13,16-29,34-41,43-48,60-61,66,69-70,80,89-90H,5,14-15,30-33,42,49-51H2/t60?,66-,69+,70?/m1/s1. The van der Waals surface area contributed by atoms with Gasteiger partial charge in [0.2, 0.25) is 0 Å². The zero-order valence-corrected chi connectivity index (χ0v) is 50.1. The van der Waals surface area contributed by atoms with E-state index in [9.17, 15) is 10.2 Å². The molecule has 446 valence electrons. The van der Waals surface area contributed by atoms with Gasteiger partial charge >= 0.3 is 0 Å². The molecule has 14 nitrogen and oxygen atoms in total. The van der Waals surface area contributed by atoms with Gasteiger partial charge in [-0.1, -0.05) is 177 Å². The molecule has 1 aliphatic carbocycles. The number of hydrogen-bond donors (Lipinski definition) is 3. The first kappa shape index (κ1) is 56.2. The molecular weight excluding hydrogens is 1110 g/mol. The number of fused-ring (bicyclic) bond motifs is 3. The number of rotatable bonds is 17. The van der Waals surface area contributed by atoms with E-state index in [2.05, 4.69) is 173 Å². The smallest absolute Gasteiger partial charge is 0.156 e. The monoisotopic (exact) mass is 1180 g/mol. The van der Waals surface area contributed by atoms with E-state index in [0.29, 0.717) is 24.2 Å². The van der Waals surface area contributed by atoms with Crippen LogP contribution in [0.4, 0.5) is 34.5 Å². The summed E-state index contributed by atoms with van der Waals surface area (Å²) in [5.74, 6) is 2.23. The van der Waals surface area contributed by atoms with Gasteiger partial charge < -0.3 is 25.3 Å². The fraction of sp³-hybridized carbons (Fsp3) is 0.211. The van der Waals surface area contributed by atoms with Gasteiger partial charge in [-0.25, -0.2) is 28.5 Å². The van der Waals surface area contributed by atoms with Crippen molar-refractivity contribution in [2.24, 2.45) is 15.0 Å². The van der Waals surface area contributed by atoms with Crippen molar-refractivity contribution in [1.82, 2.24) is 28.8 Å². The number of hydrogen-bond acceptors (Lipinski definition) is 11. The second-order valence-electron chi connectivity index (χ2n) is 24.1. The van der Waals surface area contributed by atoms with Gasteiger partial charge in [0, 0.05) is 87.1 Å². The van der Waals surface area contributed by atoms with Crippen LogP contribution in [0.3, 0.4) is 0 Å². The quantitative estimate of drug-likeness (QED) is 0.0764. The summed E-state index contributed by atoms with van der Waals surface area (Å²) in [6.07, 6.45) is 14.0. The Kier molecular flexibility index (Phi) is 15.7. The van der Waals surface area contributed by atoms with Crippen molar-refractivity contribution >= 4 is 68.2 Å². The van der Waals surface area contributed by atoms with Crippen LogP contribution in [0.25, 0.3) is 16.6 Å². The van der Waals surface area contributed by atoms with Crippen molar-refractivity contribution in [3.05, 3.63) is 288 Å². The van der Waals surface area contributed by atoms with Crippen LogP contribution >= 0.6 is 0 Å². The fourth-order valence-electron chi connectivity index (χ4n) is 14.0. The van der Waals surface area contributed by atoms with Gasteiger partial charge in [0.1, 0.15) is 0 Å². The molecule has 3 fully saturated rings. The van der Waals surface area contributed by atoms with Crippen molar-refractivity contribution in [3.8, 4) is 0 Å². The predicted octanol–water partition coefficient (Wildman–Crippen LogP) is 14.9. The summed E-state index contributed by atoms with van der Waals surface area (Å²) in [6, 6.07) is 78.0. The Morgan fingerprint density at radius 3 is 1.41 bits per heavy atom. The summed E-state index contributed by atoms with van der Waals surface area (Å²) in [5.41, 5.74) is 16.6. The summed E-state index contributed by atoms with van der Waals surface area (Å²) in [7, 11) is 0. The van der Waals surface area contributed by atoms with Gasteiger partial charge in [0.05, 0.1) is 83.6 Å². The molecule has 3 aliphatic rings. The van der Waals surface area contributed by atoms with E-state index in [1.807, 2.05) is 98.9 Å². The molecule has 90 heavy (non-hydrogen) atoms. The van der Waals surface area contributed by atoms with Gasteiger partial charge in [0.25, 0.3) is 0 Å². The maximum Gasteiger partial charge on any atom is 0.156 e. The normalized spacial score (nSPS) is 18.3. The van der Waals surface area contributed by atoms with Crippen LogP contribution in [0.2, 0.25) is 0 Å². The Balaban J connectivity index is 0.761. The maximum absolute atomic E-state index is 11.3. The van der Waals surface area contributed by atoms with Gasteiger partial charge in [-0.15, -0.1) is 0 Å². The lowest BCUT2D eigenvalue weighted by molar-refractivity contribution is 0.265. The number of anilines is 3. The third-order valence-electron chi connectivity index (χ3n) is 18.4.